The zero-order valence-corrected chi connectivity index (χ0v) is 34.1. The van der Waals surface area contributed by atoms with Crippen molar-refractivity contribution in [2.75, 3.05) is 36.8 Å². The van der Waals surface area contributed by atoms with Gasteiger partial charge in [-0.1, -0.05) is 48.5 Å². The molecule has 6 rings (SSSR count). The standard InChI is InChI=1S/C40H46N8O8S2/c1-27(2)45-57(51,52)35-17-9-31(10-18-35)25-29-5-13-33(14-6-29)43-39-41-21-23-47(39)55-37(49)38(50)56-48-24-22-42-40(48)44-34-15-7-30(8-16-34)26-32-11-19-36(20-12-32)58(53,54)46-28(3)4/h5-20,27-28,45-46H,21-26H2,1-4H3,(H,41,43)(H,42,44). The Bertz CT molecular complexity index is 2200. The Labute approximate surface area is 338 Å². The molecule has 306 valence electrons. The Morgan fingerprint density at radius 1 is 0.552 bits per heavy atom. The van der Waals surface area contributed by atoms with Crippen molar-refractivity contribution in [1.29, 1.82) is 0 Å². The summed E-state index contributed by atoms with van der Waals surface area (Å²) >= 11 is 0. The lowest BCUT2D eigenvalue weighted by Crippen LogP contribution is -2.41. The summed E-state index contributed by atoms with van der Waals surface area (Å²) in [6.07, 6.45) is 1.17. The number of nitrogens with zero attached hydrogens (tertiary/aromatic N) is 4. The molecule has 0 aliphatic carbocycles. The molecule has 4 aromatic carbocycles. The van der Waals surface area contributed by atoms with Gasteiger partial charge < -0.3 is 20.3 Å². The normalized spacial score (nSPS) is 14.4. The van der Waals surface area contributed by atoms with E-state index in [1.165, 1.54) is 10.1 Å². The average Bonchev–Trinajstić information content (AvgIpc) is 3.80. The maximum absolute atomic E-state index is 12.8. The van der Waals surface area contributed by atoms with Crippen molar-refractivity contribution < 1.29 is 36.1 Å². The summed E-state index contributed by atoms with van der Waals surface area (Å²) in [5.41, 5.74) is 5.22. The van der Waals surface area contributed by atoms with Crippen molar-refractivity contribution in [3.05, 3.63) is 119 Å². The van der Waals surface area contributed by atoms with Crippen LogP contribution in [0.2, 0.25) is 0 Å². The smallest absolute Gasteiger partial charge is 0.327 e. The summed E-state index contributed by atoms with van der Waals surface area (Å²) in [5.74, 6) is -1.97. The average molecular weight is 831 g/mol. The number of guanidine groups is 2. The molecular weight excluding hydrogens is 785 g/mol. The van der Waals surface area contributed by atoms with Gasteiger partial charge in [-0.15, -0.1) is 0 Å². The second kappa shape index (κ2) is 18.2. The largest absolute Gasteiger partial charge is 0.444 e. The predicted octanol–water partition coefficient (Wildman–Crippen LogP) is 4.03. The number of hydrogen-bond acceptors (Lipinski definition) is 14. The number of rotatable bonds is 14. The molecule has 2 aliphatic heterocycles. The quantitative estimate of drug-likeness (QED) is 0.133. The molecule has 0 atom stereocenters. The highest BCUT2D eigenvalue weighted by molar-refractivity contribution is 7.89. The van der Waals surface area contributed by atoms with Crippen LogP contribution in [0, 0.1) is 0 Å². The van der Waals surface area contributed by atoms with Crippen LogP contribution < -0.4 is 20.1 Å². The van der Waals surface area contributed by atoms with Gasteiger partial charge in [-0.05, 0) is 111 Å². The molecule has 0 saturated carbocycles. The van der Waals surface area contributed by atoms with Crippen LogP contribution in [0.25, 0.3) is 0 Å². The van der Waals surface area contributed by atoms with E-state index in [1.54, 1.807) is 76.2 Å². The van der Waals surface area contributed by atoms with Crippen LogP contribution in [0.15, 0.2) is 117 Å². The first-order valence-electron chi connectivity index (χ1n) is 18.7. The van der Waals surface area contributed by atoms with Crippen molar-refractivity contribution in [3.63, 3.8) is 0 Å². The number of sulfonamides is 2. The minimum absolute atomic E-state index is 0.206. The Hall–Kier alpha value is -5.82. The van der Waals surface area contributed by atoms with E-state index in [9.17, 15) is 26.4 Å². The van der Waals surface area contributed by atoms with E-state index in [0.717, 1.165) is 22.3 Å². The molecule has 18 heteroatoms. The van der Waals surface area contributed by atoms with Gasteiger partial charge in [0.05, 0.1) is 36.0 Å². The second-order valence-electron chi connectivity index (χ2n) is 14.2. The van der Waals surface area contributed by atoms with Crippen LogP contribution in [-0.4, -0.2) is 89.1 Å². The third kappa shape index (κ3) is 11.2. The topological polar surface area (TPSA) is 200 Å². The predicted molar refractivity (Wildman–Crippen MR) is 220 cm³/mol. The number of nitrogens with one attached hydrogen (secondary N) is 4. The Morgan fingerprint density at radius 2 is 0.862 bits per heavy atom. The highest BCUT2D eigenvalue weighted by Crippen LogP contribution is 2.20. The molecule has 0 aromatic heterocycles. The summed E-state index contributed by atoms with van der Waals surface area (Å²) in [7, 11) is -7.13. The van der Waals surface area contributed by atoms with Crippen LogP contribution in [0.3, 0.4) is 0 Å². The molecule has 0 saturated heterocycles. The zero-order chi connectivity index (χ0) is 41.5. The molecule has 0 bridgehead atoms. The van der Waals surface area contributed by atoms with Crippen LogP contribution in [0.4, 0.5) is 11.4 Å². The first kappa shape index (κ1) is 41.8. The van der Waals surface area contributed by atoms with E-state index < -0.39 is 32.0 Å². The molecule has 0 spiro atoms. The second-order valence-corrected chi connectivity index (χ2v) is 17.6. The van der Waals surface area contributed by atoms with Crippen LogP contribution in [-0.2, 0) is 52.2 Å². The minimum Gasteiger partial charge on any atom is -0.327 e. The van der Waals surface area contributed by atoms with E-state index in [4.69, 9.17) is 9.68 Å². The van der Waals surface area contributed by atoms with E-state index in [1.807, 2.05) is 48.5 Å². The van der Waals surface area contributed by atoms with Gasteiger partial charge in [0.2, 0.25) is 32.0 Å². The fourth-order valence-corrected chi connectivity index (χ4v) is 8.49. The zero-order valence-electron chi connectivity index (χ0n) is 32.5. The number of hydroxylamine groups is 4. The number of aliphatic imine (C=N–C) groups is 2. The summed E-state index contributed by atoms with van der Waals surface area (Å²) in [4.78, 5) is 45.4. The van der Waals surface area contributed by atoms with Gasteiger partial charge in [-0.25, -0.2) is 45.9 Å². The van der Waals surface area contributed by atoms with Crippen LogP contribution in [0.5, 0.6) is 0 Å². The van der Waals surface area contributed by atoms with E-state index in [-0.39, 0.29) is 46.9 Å². The molecule has 58 heavy (non-hydrogen) atoms. The van der Waals surface area contributed by atoms with Crippen molar-refractivity contribution in [2.45, 2.75) is 62.4 Å². The van der Waals surface area contributed by atoms with E-state index in [0.29, 0.717) is 37.3 Å². The highest BCUT2D eigenvalue weighted by atomic mass is 32.2. The molecule has 0 radical (unpaired) electrons. The summed E-state index contributed by atoms with van der Waals surface area (Å²) in [6.45, 7) is 8.20. The first-order chi connectivity index (χ1) is 27.6. The van der Waals surface area contributed by atoms with Crippen molar-refractivity contribution >= 4 is 55.3 Å². The van der Waals surface area contributed by atoms with E-state index >= 15 is 0 Å². The lowest BCUT2D eigenvalue weighted by molar-refractivity contribution is -0.198. The molecule has 2 aliphatic rings. The maximum atomic E-state index is 12.8. The lowest BCUT2D eigenvalue weighted by Gasteiger charge is -2.21. The summed E-state index contributed by atoms with van der Waals surface area (Å²) in [6, 6.07) is 28.1. The molecule has 4 N–H and O–H groups in total. The van der Waals surface area contributed by atoms with Gasteiger partial charge in [-0.3, -0.25) is 0 Å². The van der Waals surface area contributed by atoms with Crippen LogP contribution >= 0.6 is 0 Å². The van der Waals surface area contributed by atoms with Crippen molar-refractivity contribution in [1.82, 2.24) is 19.6 Å². The molecule has 4 aromatic rings. The van der Waals surface area contributed by atoms with Gasteiger partial charge in [0.15, 0.2) is 0 Å². The maximum Gasteiger partial charge on any atom is 0.444 e. The van der Waals surface area contributed by atoms with Gasteiger partial charge >= 0.3 is 11.9 Å². The number of anilines is 2. The highest BCUT2D eigenvalue weighted by Gasteiger charge is 2.31. The van der Waals surface area contributed by atoms with Crippen molar-refractivity contribution in [3.8, 4) is 0 Å². The fraction of sp³-hybridized carbons (Fsp3) is 0.300. The Balaban J connectivity index is 0.958. The third-order valence-corrected chi connectivity index (χ3v) is 12.0. The first-order valence-corrected chi connectivity index (χ1v) is 21.6. The monoisotopic (exact) mass is 830 g/mol. The van der Waals surface area contributed by atoms with Gasteiger partial charge in [-0.2, -0.15) is 10.1 Å². The molecule has 0 unspecified atom stereocenters. The minimum atomic E-state index is -3.57. The fourth-order valence-electron chi connectivity index (χ4n) is 5.99. The molecular formula is C40H46N8O8S2. The van der Waals surface area contributed by atoms with Gasteiger partial charge in [0.1, 0.15) is 0 Å². The number of carbonyl (C=O) groups excluding carboxylic acids is 2. The van der Waals surface area contributed by atoms with Crippen molar-refractivity contribution in [2.24, 2.45) is 9.98 Å². The van der Waals surface area contributed by atoms with Gasteiger partial charge in [0.25, 0.3) is 0 Å². The van der Waals surface area contributed by atoms with Gasteiger partial charge in [0, 0.05) is 23.5 Å². The summed E-state index contributed by atoms with van der Waals surface area (Å²) in [5, 5.41) is 8.62. The SMILES string of the molecule is CC(C)NS(=O)(=O)c1ccc(Cc2ccc(NC3=NCCN3OC(=O)C(=O)ON3CCN=C3Nc3ccc(Cc4ccc(S(=O)(=O)NC(C)C)cc4)cc3)cc2)cc1. The Morgan fingerprint density at radius 3 is 1.17 bits per heavy atom. The molecule has 2 heterocycles. The molecule has 0 amide bonds. The van der Waals surface area contributed by atoms with Crippen LogP contribution in [0.1, 0.15) is 49.9 Å². The number of hydrogen-bond donors (Lipinski definition) is 4. The number of carbonyl (C=O) groups is 2. The summed E-state index contributed by atoms with van der Waals surface area (Å²) < 4.78 is 54.9. The third-order valence-electron chi connectivity index (χ3n) is 8.64. The molecule has 0 fully saturated rings. The number of benzene rings is 4. The molecule has 16 nitrogen and oxygen atoms in total. The Kier molecular flexibility index (Phi) is 13.1. The van der Waals surface area contributed by atoms with E-state index in [2.05, 4.69) is 30.1 Å². The lowest BCUT2D eigenvalue weighted by atomic mass is 10.0.